The van der Waals surface area contributed by atoms with Crippen LogP contribution in [0.4, 0.5) is 0 Å². The molecule has 0 saturated carbocycles. The maximum absolute atomic E-state index is 6.16. The number of terminal acetylenes is 1. The number of piperidine rings is 1. The lowest BCUT2D eigenvalue weighted by molar-refractivity contribution is 0.278. The molecule has 34 heavy (non-hydrogen) atoms. The van der Waals surface area contributed by atoms with E-state index in [0.717, 1.165) is 56.6 Å². The largest absolute Gasteiger partial charge is 0.394 e. The summed E-state index contributed by atoms with van der Waals surface area (Å²) in [5, 5.41) is 3.08. The molecule has 1 unspecified atom stereocenters. The van der Waals surface area contributed by atoms with Gasteiger partial charge in [0, 0.05) is 50.4 Å². The normalized spacial score (nSPS) is 21.2. The summed E-state index contributed by atoms with van der Waals surface area (Å²) in [6.07, 6.45) is 22.2. The summed E-state index contributed by atoms with van der Waals surface area (Å²) in [7, 11) is 1.93. The number of hydrogen-bond donors (Lipinski definition) is 1. The maximum Gasteiger partial charge on any atom is 0.0698 e. The van der Waals surface area contributed by atoms with E-state index in [1.54, 1.807) is 5.54 Å². The number of nitrogens with one attached hydrogen (secondary N) is 1. The van der Waals surface area contributed by atoms with E-state index >= 15 is 0 Å². The Labute approximate surface area is 212 Å². The number of halogens is 1. The molecule has 2 rings (SSSR count). The Balaban J connectivity index is 2.54. The van der Waals surface area contributed by atoms with E-state index in [2.05, 4.69) is 55.6 Å². The molecule has 2 aliphatic rings. The minimum atomic E-state index is 0.379. The van der Waals surface area contributed by atoms with Crippen molar-refractivity contribution in [1.82, 2.24) is 10.2 Å². The number of rotatable bonds is 9. The molecule has 1 heterocycles. The molecular formula is C30H40ClN3. The smallest absolute Gasteiger partial charge is 0.0698 e. The van der Waals surface area contributed by atoms with Gasteiger partial charge in [0.05, 0.1) is 5.70 Å². The van der Waals surface area contributed by atoms with Crippen LogP contribution in [0.15, 0.2) is 86.7 Å². The highest BCUT2D eigenvalue weighted by Crippen LogP contribution is 2.42. The molecule has 0 aromatic carbocycles. The number of likely N-dealkylation sites (tertiary alicyclic amines) is 1. The number of hydrogen-bond acceptors (Lipinski definition) is 3. The minimum Gasteiger partial charge on any atom is -0.394 e. The molecule has 1 fully saturated rings. The maximum atomic E-state index is 6.16. The summed E-state index contributed by atoms with van der Waals surface area (Å²) in [5.74, 6) is 3.07. The van der Waals surface area contributed by atoms with Crippen molar-refractivity contribution in [2.75, 3.05) is 26.7 Å². The lowest BCUT2D eigenvalue weighted by Gasteiger charge is -2.31. The van der Waals surface area contributed by atoms with Gasteiger partial charge >= 0.3 is 0 Å². The van der Waals surface area contributed by atoms with E-state index in [0.29, 0.717) is 12.3 Å². The van der Waals surface area contributed by atoms with Crippen molar-refractivity contribution in [3.05, 3.63) is 81.8 Å². The fourth-order valence-corrected chi connectivity index (χ4v) is 4.95. The van der Waals surface area contributed by atoms with Gasteiger partial charge < -0.3 is 5.32 Å². The van der Waals surface area contributed by atoms with Crippen molar-refractivity contribution in [1.29, 1.82) is 0 Å². The molecule has 1 aliphatic heterocycles. The van der Waals surface area contributed by atoms with Gasteiger partial charge in [-0.1, -0.05) is 49.8 Å². The van der Waals surface area contributed by atoms with Crippen LogP contribution in [0.25, 0.3) is 0 Å². The topological polar surface area (TPSA) is 27.6 Å². The summed E-state index contributed by atoms with van der Waals surface area (Å²) in [6.45, 7) is 13.7. The molecule has 4 heteroatoms. The van der Waals surface area contributed by atoms with Crippen molar-refractivity contribution >= 4 is 17.8 Å². The first kappa shape index (κ1) is 27.7. The zero-order chi connectivity index (χ0) is 24.9. The van der Waals surface area contributed by atoms with Gasteiger partial charge in [-0.05, 0) is 79.2 Å². The fraction of sp³-hybridized carbons (Fsp3) is 0.433. The van der Waals surface area contributed by atoms with Crippen molar-refractivity contribution in [2.24, 2.45) is 10.9 Å². The zero-order valence-electron chi connectivity index (χ0n) is 21.3. The average molecular weight is 478 g/mol. The lowest BCUT2D eigenvalue weighted by Crippen LogP contribution is -2.32. The number of aliphatic imine (C=N–C) groups is 1. The minimum absolute atomic E-state index is 0.379. The molecule has 1 N–H and O–H groups in total. The lowest BCUT2D eigenvalue weighted by atomic mass is 9.87. The van der Waals surface area contributed by atoms with E-state index < -0.39 is 0 Å². The summed E-state index contributed by atoms with van der Waals surface area (Å²) in [5.41, 5.74) is 10.5. The second-order valence-corrected chi connectivity index (χ2v) is 8.98. The fourth-order valence-electron chi connectivity index (χ4n) is 4.82. The summed E-state index contributed by atoms with van der Waals surface area (Å²) < 4.78 is 0. The van der Waals surface area contributed by atoms with Crippen LogP contribution in [0, 0.1) is 18.3 Å². The quantitative estimate of drug-likeness (QED) is 0.218. The molecule has 1 saturated heterocycles. The Hall–Kier alpha value is -2.54. The van der Waals surface area contributed by atoms with Crippen molar-refractivity contribution in [3.63, 3.8) is 0 Å². The van der Waals surface area contributed by atoms with Crippen molar-refractivity contribution in [2.45, 2.75) is 52.9 Å². The second kappa shape index (κ2) is 14.7. The van der Waals surface area contributed by atoms with Gasteiger partial charge in [-0.25, -0.2) is 0 Å². The van der Waals surface area contributed by atoms with Gasteiger partial charge in [0.2, 0.25) is 0 Å². The van der Waals surface area contributed by atoms with Crippen LogP contribution in [0.2, 0.25) is 0 Å². The predicted molar refractivity (Wildman–Crippen MR) is 150 cm³/mol. The summed E-state index contributed by atoms with van der Waals surface area (Å²) in [6, 6.07) is 0. The third kappa shape index (κ3) is 7.23. The third-order valence-electron chi connectivity index (χ3n) is 6.62. The monoisotopic (exact) mass is 477 g/mol. The van der Waals surface area contributed by atoms with Crippen LogP contribution in [-0.4, -0.2) is 37.8 Å². The van der Waals surface area contributed by atoms with Crippen LogP contribution in [0.5, 0.6) is 0 Å². The Morgan fingerprint density at radius 1 is 1.35 bits per heavy atom. The molecular weight excluding hydrogens is 438 g/mol. The SMILES string of the molecule is C#CCC=NC1=C(CC)C(C)CC(C=C)=C(/C=C\Cl)C1=C1CCN(CC(/C=C\NC)=C/C)CC1. The first-order valence-electron chi connectivity index (χ1n) is 12.3. The molecule has 0 radical (unpaired) electrons. The standard InChI is InChI=1S/C30H40ClN3/c1-7-11-17-33-30-27(10-4)23(5)21-25(9-3)28(12-16-31)29(30)26-14-19-34(20-15-26)22-24(8-2)13-18-32-6/h1,8-9,12-13,16-18,23,32H,3,10-11,14-15,19-22H2,2,4-6H3/b16-12-,18-13-,24-8+,33-17?. The first-order valence-corrected chi connectivity index (χ1v) is 12.7. The highest BCUT2D eigenvalue weighted by molar-refractivity contribution is 6.25. The van der Waals surface area contributed by atoms with Gasteiger partial charge in [0.1, 0.15) is 0 Å². The molecule has 0 aromatic heterocycles. The zero-order valence-corrected chi connectivity index (χ0v) is 22.1. The van der Waals surface area contributed by atoms with Gasteiger partial charge in [-0.15, -0.1) is 12.3 Å². The summed E-state index contributed by atoms with van der Waals surface area (Å²) in [4.78, 5) is 7.51. The number of allylic oxidation sites excluding steroid dienone is 6. The van der Waals surface area contributed by atoms with Crippen LogP contribution in [0.3, 0.4) is 0 Å². The highest BCUT2D eigenvalue weighted by atomic mass is 35.5. The van der Waals surface area contributed by atoms with E-state index in [9.17, 15) is 0 Å². The van der Waals surface area contributed by atoms with E-state index in [-0.39, 0.29) is 0 Å². The Bertz CT molecular complexity index is 969. The molecule has 182 valence electrons. The molecule has 1 aliphatic carbocycles. The van der Waals surface area contributed by atoms with E-state index in [1.165, 1.54) is 27.9 Å². The third-order valence-corrected chi connectivity index (χ3v) is 6.74. The van der Waals surface area contributed by atoms with Crippen LogP contribution in [0.1, 0.15) is 52.9 Å². The van der Waals surface area contributed by atoms with Gasteiger partial charge in [0.25, 0.3) is 0 Å². The van der Waals surface area contributed by atoms with Gasteiger partial charge in [-0.2, -0.15) is 0 Å². The molecule has 0 spiro atoms. The first-order chi connectivity index (χ1) is 16.5. The van der Waals surface area contributed by atoms with E-state index in [1.807, 2.05) is 31.6 Å². The highest BCUT2D eigenvalue weighted by Gasteiger charge is 2.28. The molecule has 0 amide bonds. The van der Waals surface area contributed by atoms with Crippen molar-refractivity contribution < 1.29 is 0 Å². The Kier molecular flexibility index (Phi) is 11.9. The summed E-state index contributed by atoms with van der Waals surface area (Å²) >= 11 is 6.16. The van der Waals surface area contributed by atoms with Crippen LogP contribution < -0.4 is 5.32 Å². The van der Waals surface area contributed by atoms with Crippen LogP contribution >= 0.6 is 11.6 Å². The van der Waals surface area contributed by atoms with Gasteiger partial charge in [0.15, 0.2) is 0 Å². The molecule has 0 bridgehead atoms. The Morgan fingerprint density at radius 3 is 2.65 bits per heavy atom. The predicted octanol–water partition coefficient (Wildman–Crippen LogP) is 7.09. The van der Waals surface area contributed by atoms with Crippen LogP contribution in [-0.2, 0) is 0 Å². The average Bonchev–Trinajstić information content (AvgIpc) is 2.96. The number of nitrogens with zero attached hydrogens (tertiary/aromatic N) is 2. The Morgan fingerprint density at radius 2 is 2.09 bits per heavy atom. The second-order valence-electron chi connectivity index (χ2n) is 8.73. The van der Waals surface area contributed by atoms with Gasteiger partial charge in [-0.3, -0.25) is 9.89 Å². The molecule has 3 nitrogen and oxygen atoms in total. The van der Waals surface area contributed by atoms with Crippen molar-refractivity contribution in [3.8, 4) is 12.3 Å². The molecule has 0 aromatic rings. The van der Waals surface area contributed by atoms with E-state index in [4.69, 9.17) is 23.0 Å². The molecule has 1 atom stereocenters.